The third kappa shape index (κ3) is 4.94. The fourth-order valence-corrected chi connectivity index (χ4v) is 4.60. The first-order valence-corrected chi connectivity index (χ1v) is 11.5. The maximum atomic E-state index is 11.2. The molecule has 3 aromatic rings. The fraction of sp³-hybridized carbons (Fsp3) is 0.385. The largest absolute Gasteiger partial charge is 0.452 e. The van der Waals surface area contributed by atoms with Gasteiger partial charge in [0.15, 0.2) is 0 Å². The zero-order chi connectivity index (χ0) is 22.8. The molecule has 2 fully saturated rings. The average molecular weight is 448 g/mol. The van der Waals surface area contributed by atoms with E-state index >= 15 is 0 Å². The smallest absolute Gasteiger partial charge is 0.427 e. The summed E-state index contributed by atoms with van der Waals surface area (Å²) in [5, 5.41) is 15.6. The van der Waals surface area contributed by atoms with E-state index in [0.29, 0.717) is 12.8 Å². The lowest BCUT2D eigenvalue weighted by molar-refractivity contribution is -0.0997. The molecule has 0 radical (unpaired) electrons. The highest BCUT2D eigenvalue weighted by molar-refractivity contribution is 5.84. The van der Waals surface area contributed by atoms with Crippen LogP contribution in [0.25, 0.3) is 10.9 Å². The van der Waals surface area contributed by atoms with Crippen molar-refractivity contribution in [3.8, 4) is 0 Å². The molecule has 2 aliphatic rings. The van der Waals surface area contributed by atoms with E-state index < -0.39 is 18.3 Å². The molecule has 172 valence electrons. The van der Waals surface area contributed by atoms with Crippen molar-refractivity contribution in [1.29, 1.82) is 0 Å². The second kappa shape index (κ2) is 9.37. The zero-order valence-corrected chi connectivity index (χ0v) is 18.7. The molecule has 0 spiro atoms. The number of hydrogen-bond acceptors (Lipinski definition) is 5. The van der Waals surface area contributed by atoms with Gasteiger partial charge < -0.3 is 19.1 Å². The lowest BCUT2D eigenvalue weighted by Crippen LogP contribution is -2.35. The first kappa shape index (κ1) is 21.7. The van der Waals surface area contributed by atoms with Crippen LogP contribution < -0.4 is 5.43 Å². The number of para-hydroxylation sites is 1. The number of hydrogen-bond donors (Lipinski definition) is 2. The summed E-state index contributed by atoms with van der Waals surface area (Å²) in [6, 6.07) is 17.3. The summed E-state index contributed by atoms with van der Waals surface area (Å²) in [5.41, 5.74) is 7.29. The molecule has 1 amide bonds. The Bertz CT molecular complexity index is 1150. The minimum absolute atomic E-state index is 0.334. The Morgan fingerprint density at radius 2 is 2.00 bits per heavy atom. The zero-order valence-electron chi connectivity index (χ0n) is 18.7. The van der Waals surface area contributed by atoms with Crippen molar-refractivity contribution in [2.75, 3.05) is 7.11 Å². The van der Waals surface area contributed by atoms with Crippen LogP contribution in [-0.4, -0.2) is 41.3 Å². The number of ether oxygens (including phenoxy) is 2. The highest BCUT2D eigenvalue weighted by Gasteiger charge is 2.30. The maximum absolute atomic E-state index is 11.2. The van der Waals surface area contributed by atoms with Gasteiger partial charge in [0.1, 0.15) is 6.23 Å². The van der Waals surface area contributed by atoms with Gasteiger partial charge in [-0.3, -0.25) is 0 Å². The number of hydrazone groups is 1. The first-order chi connectivity index (χ1) is 16.1. The van der Waals surface area contributed by atoms with E-state index in [4.69, 9.17) is 4.74 Å². The molecule has 2 heterocycles. The van der Waals surface area contributed by atoms with E-state index in [1.165, 1.54) is 48.2 Å². The van der Waals surface area contributed by atoms with E-state index in [-0.39, 0.29) is 6.23 Å². The van der Waals surface area contributed by atoms with E-state index in [1.54, 1.807) is 0 Å². The van der Waals surface area contributed by atoms with E-state index in [1.807, 2.05) is 6.07 Å². The number of aromatic nitrogens is 1. The molecule has 1 saturated heterocycles. The van der Waals surface area contributed by atoms with Crippen molar-refractivity contribution in [3.05, 3.63) is 71.4 Å². The van der Waals surface area contributed by atoms with Gasteiger partial charge in [-0.2, -0.15) is 5.10 Å². The highest BCUT2D eigenvalue weighted by atomic mass is 16.5. The summed E-state index contributed by atoms with van der Waals surface area (Å²) in [4.78, 5) is 11.2. The van der Waals surface area contributed by atoms with Gasteiger partial charge in [-0.15, -0.1) is 0 Å². The Hall–Kier alpha value is -3.16. The number of amides is 1. The number of carbonyl (C=O) groups excluding carboxylic acids is 1. The van der Waals surface area contributed by atoms with Crippen molar-refractivity contribution in [2.45, 2.75) is 56.5 Å². The first-order valence-electron chi connectivity index (χ1n) is 11.5. The molecule has 2 aromatic carbocycles. The Balaban J connectivity index is 1.37. The van der Waals surface area contributed by atoms with Crippen LogP contribution in [0.2, 0.25) is 0 Å². The lowest BCUT2D eigenvalue weighted by Gasteiger charge is -2.32. The van der Waals surface area contributed by atoms with E-state index in [0.717, 1.165) is 17.9 Å². The molecular weight excluding hydrogens is 418 g/mol. The van der Waals surface area contributed by atoms with Gasteiger partial charge in [0.25, 0.3) is 0 Å². The Labute approximate surface area is 193 Å². The molecule has 5 rings (SSSR count). The molecular formula is C26H29N3O4. The number of aliphatic hydroxyl groups is 1. The number of nitrogens with one attached hydrogen (secondary N) is 1. The number of carbonyl (C=O) groups is 1. The summed E-state index contributed by atoms with van der Waals surface area (Å²) in [6.45, 7) is 0. The SMILES string of the molecule is COC(=O)NN=CC1CC(O)CC(n2cc(Cc3ccc(C4CC4)cc3)c3ccccc32)O1. The minimum atomic E-state index is -0.648. The van der Waals surface area contributed by atoms with Crippen LogP contribution in [0.3, 0.4) is 0 Å². The molecule has 1 aliphatic heterocycles. The lowest BCUT2D eigenvalue weighted by atomic mass is 10.0. The summed E-state index contributed by atoms with van der Waals surface area (Å²) in [5.74, 6) is 0.759. The van der Waals surface area contributed by atoms with Gasteiger partial charge in [0, 0.05) is 24.4 Å². The molecule has 3 atom stereocenters. The van der Waals surface area contributed by atoms with Crippen LogP contribution in [0.5, 0.6) is 0 Å². The number of nitrogens with zero attached hydrogens (tertiary/aromatic N) is 2. The molecule has 33 heavy (non-hydrogen) atoms. The van der Waals surface area contributed by atoms with Crippen molar-refractivity contribution >= 4 is 23.2 Å². The van der Waals surface area contributed by atoms with Gasteiger partial charge in [0.2, 0.25) is 0 Å². The molecule has 1 aromatic heterocycles. The predicted molar refractivity (Wildman–Crippen MR) is 126 cm³/mol. The molecule has 3 unspecified atom stereocenters. The van der Waals surface area contributed by atoms with E-state index in [9.17, 15) is 9.90 Å². The molecule has 1 aliphatic carbocycles. The topological polar surface area (TPSA) is 85.1 Å². The predicted octanol–water partition coefficient (Wildman–Crippen LogP) is 4.49. The van der Waals surface area contributed by atoms with Gasteiger partial charge >= 0.3 is 6.09 Å². The van der Waals surface area contributed by atoms with Crippen LogP contribution in [0.15, 0.2) is 59.8 Å². The third-order valence-electron chi connectivity index (χ3n) is 6.45. The van der Waals surface area contributed by atoms with Crippen LogP contribution in [0.1, 0.15) is 54.5 Å². The number of methoxy groups -OCH3 is 1. The highest BCUT2D eigenvalue weighted by Crippen LogP contribution is 2.40. The quantitative estimate of drug-likeness (QED) is 0.431. The number of benzene rings is 2. The Morgan fingerprint density at radius 3 is 2.76 bits per heavy atom. The molecule has 1 saturated carbocycles. The fourth-order valence-electron chi connectivity index (χ4n) is 4.60. The van der Waals surface area contributed by atoms with Crippen molar-refractivity contribution in [2.24, 2.45) is 5.10 Å². The monoisotopic (exact) mass is 447 g/mol. The summed E-state index contributed by atoms with van der Waals surface area (Å²) >= 11 is 0. The van der Waals surface area contributed by atoms with Crippen LogP contribution >= 0.6 is 0 Å². The van der Waals surface area contributed by atoms with E-state index in [2.05, 4.69) is 68.5 Å². The Kier molecular flexibility index (Phi) is 6.15. The third-order valence-corrected chi connectivity index (χ3v) is 6.45. The van der Waals surface area contributed by atoms with Crippen LogP contribution in [-0.2, 0) is 15.9 Å². The second-order valence-electron chi connectivity index (χ2n) is 8.91. The van der Waals surface area contributed by atoms with Gasteiger partial charge in [-0.05, 0) is 47.9 Å². The van der Waals surface area contributed by atoms with Crippen molar-refractivity contribution in [1.82, 2.24) is 9.99 Å². The molecule has 2 N–H and O–H groups in total. The standard InChI is InChI=1S/C26H29N3O4/c1-32-26(31)28-27-15-22-13-21(30)14-25(33-22)29-16-20(23-4-2-3-5-24(23)29)12-17-6-8-18(9-7-17)19-10-11-19/h2-9,15-16,19,21-22,25,30H,10-14H2,1H3,(H,28,31). The normalized spacial score (nSPS) is 23.2. The molecule has 7 heteroatoms. The molecule has 0 bridgehead atoms. The summed E-state index contributed by atoms with van der Waals surface area (Å²) in [7, 11) is 1.28. The van der Waals surface area contributed by atoms with Crippen molar-refractivity contribution < 1.29 is 19.4 Å². The van der Waals surface area contributed by atoms with Crippen LogP contribution in [0, 0.1) is 0 Å². The van der Waals surface area contributed by atoms with Gasteiger partial charge in [-0.25, -0.2) is 10.2 Å². The Morgan fingerprint density at radius 1 is 1.21 bits per heavy atom. The summed E-state index contributed by atoms with van der Waals surface area (Å²) < 4.78 is 12.9. The second-order valence-corrected chi connectivity index (χ2v) is 8.91. The van der Waals surface area contributed by atoms with Crippen molar-refractivity contribution in [3.63, 3.8) is 0 Å². The number of fused-ring (bicyclic) bond motifs is 1. The molecule has 7 nitrogen and oxygen atoms in total. The van der Waals surface area contributed by atoms with Crippen LogP contribution in [0.4, 0.5) is 4.79 Å². The average Bonchev–Trinajstić information content (AvgIpc) is 3.61. The summed E-state index contributed by atoms with van der Waals surface area (Å²) in [6.07, 6.45) is 6.07. The number of aliphatic hydroxyl groups excluding tert-OH is 1. The minimum Gasteiger partial charge on any atom is -0.452 e. The number of rotatable bonds is 6. The van der Waals surface area contributed by atoms with Gasteiger partial charge in [0.05, 0.1) is 31.0 Å². The van der Waals surface area contributed by atoms with Gasteiger partial charge in [-0.1, -0.05) is 42.5 Å². The maximum Gasteiger partial charge on any atom is 0.427 e.